The van der Waals surface area contributed by atoms with Gasteiger partial charge in [0.05, 0.1) is 0 Å². The summed E-state index contributed by atoms with van der Waals surface area (Å²) in [6.07, 6.45) is 0.613. The SMILES string of the molecule is Cc1cc(CNC2CNC(=O)C2)c(C)s1. The van der Waals surface area contributed by atoms with E-state index in [0.29, 0.717) is 12.5 Å². The predicted molar refractivity (Wildman–Crippen MR) is 62.0 cm³/mol. The molecule has 1 atom stereocenters. The number of nitrogens with one attached hydrogen (secondary N) is 2. The maximum Gasteiger partial charge on any atom is 0.221 e. The van der Waals surface area contributed by atoms with Crippen LogP contribution in [-0.2, 0) is 11.3 Å². The molecule has 1 unspecified atom stereocenters. The molecule has 0 bridgehead atoms. The molecule has 1 aromatic heterocycles. The Kier molecular flexibility index (Phi) is 3.07. The molecule has 15 heavy (non-hydrogen) atoms. The van der Waals surface area contributed by atoms with Crippen molar-refractivity contribution in [3.63, 3.8) is 0 Å². The largest absolute Gasteiger partial charge is 0.354 e. The minimum absolute atomic E-state index is 0.158. The third-order valence-corrected chi connectivity index (χ3v) is 3.71. The second-order valence-corrected chi connectivity index (χ2v) is 5.48. The molecule has 3 nitrogen and oxygen atoms in total. The van der Waals surface area contributed by atoms with E-state index in [4.69, 9.17) is 0 Å². The van der Waals surface area contributed by atoms with Crippen molar-refractivity contribution < 1.29 is 4.79 Å². The Labute approximate surface area is 93.9 Å². The Bertz CT molecular complexity index is 373. The molecule has 0 radical (unpaired) electrons. The van der Waals surface area contributed by atoms with E-state index < -0.39 is 0 Å². The molecule has 2 heterocycles. The fourth-order valence-corrected chi connectivity index (χ4v) is 2.81. The first-order valence-electron chi connectivity index (χ1n) is 5.21. The zero-order valence-corrected chi connectivity index (χ0v) is 9.91. The van der Waals surface area contributed by atoms with E-state index in [0.717, 1.165) is 13.1 Å². The van der Waals surface area contributed by atoms with Crippen LogP contribution in [-0.4, -0.2) is 18.5 Å². The lowest BCUT2D eigenvalue weighted by atomic mass is 10.2. The topological polar surface area (TPSA) is 41.1 Å². The molecule has 1 amide bonds. The van der Waals surface area contributed by atoms with Crippen LogP contribution in [0.15, 0.2) is 6.07 Å². The Morgan fingerprint density at radius 2 is 2.40 bits per heavy atom. The molecule has 1 fully saturated rings. The van der Waals surface area contributed by atoms with Gasteiger partial charge in [-0.05, 0) is 25.5 Å². The zero-order chi connectivity index (χ0) is 10.8. The molecule has 2 rings (SSSR count). The summed E-state index contributed by atoms with van der Waals surface area (Å²) in [5.41, 5.74) is 1.36. The normalized spacial score (nSPS) is 20.7. The summed E-state index contributed by atoms with van der Waals surface area (Å²) in [4.78, 5) is 13.7. The molecule has 4 heteroatoms. The highest BCUT2D eigenvalue weighted by atomic mass is 32.1. The first-order valence-corrected chi connectivity index (χ1v) is 6.03. The summed E-state index contributed by atoms with van der Waals surface area (Å²) >= 11 is 1.83. The molecular formula is C11H16N2OS. The molecule has 0 aliphatic carbocycles. The third-order valence-electron chi connectivity index (χ3n) is 2.70. The van der Waals surface area contributed by atoms with Gasteiger partial charge in [-0.25, -0.2) is 0 Å². The van der Waals surface area contributed by atoms with Crippen molar-refractivity contribution in [2.24, 2.45) is 0 Å². The predicted octanol–water partition coefficient (Wildman–Crippen LogP) is 1.34. The lowest BCUT2D eigenvalue weighted by molar-refractivity contribution is -0.119. The molecule has 2 N–H and O–H groups in total. The van der Waals surface area contributed by atoms with Crippen LogP contribution < -0.4 is 10.6 Å². The van der Waals surface area contributed by atoms with Gasteiger partial charge in [0, 0.05) is 35.3 Å². The standard InChI is InChI=1S/C11H16N2OS/c1-7-3-9(8(2)15-7)5-12-10-4-11(14)13-6-10/h3,10,12H,4-6H2,1-2H3,(H,13,14). The van der Waals surface area contributed by atoms with Crippen LogP contribution in [0.25, 0.3) is 0 Å². The smallest absolute Gasteiger partial charge is 0.221 e. The molecule has 0 aromatic carbocycles. The monoisotopic (exact) mass is 224 g/mol. The maximum atomic E-state index is 11.0. The quantitative estimate of drug-likeness (QED) is 0.813. The lowest BCUT2D eigenvalue weighted by Gasteiger charge is -2.09. The van der Waals surface area contributed by atoms with Crippen molar-refractivity contribution in [1.29, 1.82) is 0 Å². The van der Waals surface area contributed by atoms with E-state index in [1.807, 2.05) is 11.3 Å². The second kappa shape index (κ2) is 4.33. The number of thiophene rings is 1. The van der Waals surface area contributed by atoms with Crippen molar-refractivity contribution in [1.82, 2.24) is 10.6 Å². The summed E-state index contributed by atoms with van der Waals surface area (Å²) in [6, 6.07) is 2.52. The van der Waals surface area contributed by atoms with Crippen molar-refractivity contribution in [2.45, 2.75) is 32.9 Å². The van der Waals surface area contributed by atoms with Crippen molar-refractivity contribution in [2.75, 3.05) is 6.54 Å². The van der Waals surface area contributed by atoms with Gasteiger partial charge >= 0.3 is 0 Å². The van der Waals surface area contributed by atoms with Crippen molar-refractivity contribution in [3.8, 4) is 0 Å². The molecule has 1 aromatic rings. The van der Waals surface area contributed by atoms with Gasteiger partial charge < -0.3 is 10.6 Å². The summed E-state index contributed by atoms with van der Waals surface area (Å²) in [6.45, 7) is 5.91. The number of aryl methyl sites for hydroxylation is 2. The summed E-state index contributed by atoms with van der Waals surface area (Å²) in [7, 11) is 0. The average molecular weight is 224 g/mol. The Balaban J connectivity index is 1.88. The molecule has 0 saturated carbocycles. The lowest BCUT2D eigenvalue weighted by Crippen LogP contribution is -2.30. The molecule has 0 spiro atoms. The number of rotatable bonds is 3. The minimum Gasteiger partial charge on any atom is -0.354 e. The van der Waals surface area contributed by atoms with E-state index >= 15 is 0 Å². The Morgan fingerprint density at radius 1 is 1.60 bits per heavy atom. The first kappa shape index (κ1) is 10.6. The Morgan fingerprint density at radius 3 is 2.93 bits per heavy atom. The number of amides is 1. The molecule has 1 saturated heterocycles. The zero-order valence-electron chi connectivity index (χ0n) is 9.09. The van der Waals surface area contributed by atoms with Crippen LogP contribution in [0.4, 0.5) is 0 Å². The van der Waals surface area contributed by atoms with Gasteiger partial charge in [0.15, 0.2) is 0 Å². The van der Waals surface area contributed by atoms with E-state index in [1.54, 1.807) is 0 Å². The minimum atomic E-state index is 0.158. The first-order chi connectivity index (χ1) is 7.15. The third kappa shape index (κ3) is 2.58. The van der Waals surface area contributed by atoms with Gasteiger partial charge in [-0.15, -0.1) is 11.3 Å². The van der Waals surface area contributed by atoms with Gasteiger partial charge in [0.1, 0.15) is 0 Å². The van der Waals surface area contributed by atoms with Crippen LogP contribution in [0.5, 0.6) is 0 Å². The van der Waals surface area contributed by atoms with Gasteiger partial charge in [-0.1, -0.05) is 0 Å². The summed E-state index contributed by atoms with van der Waals surface area (Å²) in [5, 5.41) is 6.23. The van der Waals surface area contributed by atoms with E-state index in [-0.39, 0.29) is 5.91 Å². The Hall–Kier alpha value is -0.870. The second-order valence-electron chi connectivity index (χ2n) is 4.02. The molecule has 82 valence electrons. The summed E-state index contributed by atoms with van der Waals surface area (Å²) < 4.78 is 0. The van der Waals surface area contributed by atoms with Crippen LogP contribution in [0, 0.1) is 13.8 Å². The van der Waals surface area contributed by atoms with E-state index in [1.165, 1.54) is 15.3 Å². The van der Waals surface area contributed by atoms with Crippen molar-refractivity contribution >= 4 is 17.2 Å². The van der Waals surface area contributed by atoms with E-state index in [2.05, 4.69) is 30.5 Å². The number of hydrogen-bond acceptors (Lipinski definition) is 3. The fourth-order valence-electron chi connectivity index (χ4n) is 1.86. The van der Waals surface area contributed by atoms with Crippen LogP contribution >= 0.6 is 11.3 Å². The van der Waals surface area contributed by atoms with Gasteiger partial charge in [-0.3, -0.25) is 4.79 Å². The molecule has 1 aliphatic rings. The highest BCUT2D eigenvalue weighted by Gasteiger charge is 2.20. The van der Waals surface area contributed by atoms with Gasteiger partial charge in [0.25, 0.3) is 0 Å². The molecular weight excluding hydrogens is 208 g/mol. The number of hydrogen-bond donors (Lipinski definition) is 2. The fraction of sp³-hybridized carbons (Fsp3) is 0.545. The number of carbonyl (C=O) groups is 1. The van der Waals surface area contributed by atoms with Crippen LogP contribution in [0.3, 0.4) is 0 Å². The summed E-state index contributed by atoms with van der Waals surface area (Å²) in [5.74, 6) is 0.158. The maximum absolute atomic E-state index is 11.0. The van der Waals surface area contributed by atoms with Gasteiger partial charge in [0.2, 0.25) is 5.91 Å². The average Bonchev–Trinajstić information content (AvgIpc) is 2.70. The van der Waals surface area contributed by atoms with Crippen molar-refractivity contribution in [3.05, 3.63) is 21.4 Å². The van der Waals surface area contributed by atoms with E-state index in [9.17, 15) is 4.79 Å². The highest BCUT2D eigenvalue weighted by Crippen LogP contribution is 2.20. The van der Waals surface area contributed by atoms with Gasteiger partial charge in [-0.2, -0.15) is 0 Å². The number of carbonyl (C=O) groups excluding carboxylic acids is 1. The van der Waals surface area contributed by atoms with Crippen LogP contribution in [0.2, 0.25) is 0 Å². The highest BCUT2D eigenvalue weighted by molar-refractivity contribution is 7.12. The molecule has 1 aliphatic heterocycles. The van der Waals surface area contributed by atoms with Crippen LogP contribution in [0.1, 0.15) is 21.7 Å².